The zero-order valence-electron chi connectivity index (χ0n) is 14.9. The number of carbonyl (C=O) groups is 2. The lowest BCUT2D eigenvalue weighted by atomic mass is 10.0. The van der Waals surface area contributed by atoms with E-state index in [9.17, 15) is 19.7 Å². The van der Waals surface area contributed by atoms with Crippen LogP contribution in [0.2, 0.25) is 0 Å². The van der Waals surface area contributed by atoms with Gasteiger partial charge in [0.1, 0.15) is 5.69 Å². The maximum Gasteiger partial charge on any atom is 0.335 e. The molecule has 0 unspecified atom stereocenters. The van der Waals surface area contributed by atoms with E-state index in [-0.39, 0.29) is 23.6 Å². The van der Waals surface area contributed by atoms with Crippen LogP contribution in [0, 0.1) is 17.0 Å². The van der Waals surface area contributed by atoms with Gasteiger partial charge in [0, 0.05) is 19.2 Å². The Morgan fingerprint density at radius 2 is 1.89 bits per heavy atom. The SMILES string of the molecule is Cc1ccc(NCCCNC(=O)Cc2ccccc2C(=O)O)c([N+](=O)[O-])c1. The molecular formula is C19H21N3O5. The average molecular weight is 371 g/mol. The molecule has 2 aromatic carbocycles. The number of anilines is 1. The smallest absolute Gasteiger partial charge is 0.335 e. The molecule has 0 heterocycles. The van der Waals surface area contributed by atoms with Gasteiger partial charge in [0.15, 0.2) is 0 Å². The van der Waals surface area contributed by atoms with Crippen molar-refractivity contribution in [3.05, 3.63) is 69.3 Å². The van der Waals surface area contributed by atoms with Crippen molar-refractivity contribution in [3.63, 3.8) is 0 Å². The van der Waals surface area contributed by atoms with Crippen molar-refractivity contribution in [2.24, 2.45) is 0 Å². The molecule has 3 N–H and O–H groups in total. The molecular weight excluding hydrogens is 350 g/mol. The summed E-state index contributed by atoms with van der Waals surface area (Å²) in [5.74, 6) is -1.34. The number of aromatic carboxylic acids is 1. The summed E-state index contributed by atoms with van der Waals surface area (Å²) in [5.41, 5.74) is 1.83. The Morgan fingerprint density at radius 3 is 2.59 bits per heavy atom. The second kappa shape index (κ2) is 9.33. The summed E-state index contributed by atoms with van der Waals surface area (Å²) in [4.78, 5) is 33.8. The lowest BCUT2D eigenvalue weighted by Crippen LogP contribution is -2.28. The van der Waals surface area contributed by atoms with E-state index >= 15 is 0 Å². The van der Waals surface area contributed by atoms with E-state index in [2.05, 4.69) is 10.6 Å². The van der Waals surface area contributed by atoms with Crippen LogP contribution in [0.4, 0.5) is 11.4 Å². The molecule has 8 nitrogen and oxygen atoms in total. The molecule has 0 aliphatic rings. The minimum absolute atomic E-state index is 0.0145. The van der Waals surface area contributed by atoms with Crippen molar-refractivity contribution in [1.29, 1.82) is 0 Å². The van der Waals surface area contributed by atoms with Gasteiger partial charge in [-0.15, -0.1) is 0 Å². The Hall–Kier alpha value is -3.42. The summed E-state index contributed by atoms with van der Waals surface area (Å²) in [7, 11) is 0. The molecule has 1 amide bonds. The first-order valence-electron chi connectivity index (χ1n) is 8.45. The van der Waals surface area contributed by atoms with E-state index in [0.717, 1.165) is 5.56 Å². The van der Waals surface area contributed by atoms with E-state index < -0.39 is 10.9 Å². The molecule has 0 fully saturated rings. The summed E-state index contributed by atoms with van der Waals surface area (Å²) in [6.07, 6.45) is 0.552. The summed E-state index contributed by atoms with van der Waals surface area (Å²) < 4.78 is 0. The number of carboxylic acid groups (broad SMARTS) is 1. The number of benzene rings is 2. The van der Waals surface area contributed by atoms with Gasteiger partial charge in [0.25, 0.3) is 5.69 Å². The van der Waals surface area contributed by atoms with Crippen molar-refractivity contribution >= 4 is 23.3 Å². The molecule has 0 bridgehead atoms. The number of nitrogens with zero attached hydrogens (tertiary/aromatic N) is 1. The quantitative estimate of drug-likeness (QED) is 0.354. The third-order valence-corrected chi connectivity index (χ3v) is 3.94. The number of hydrogen-bond donors (Lipinski definition) is 3. The molecule has 142 valence electrons. The zero-order valence-corrected chi connectivity index (χ0v) is 14.9. The van der Waals surface area contributed by atoms with Gasteiger partial charge in [-0.1, -0.05) is 24.3 Å². The number of nitro groups is 1. The minimum Gasteiger partial charge on any atom is -0.478 e. The summed E-state index contributed by atoms with van der Waals surface area (Å²) in [5, 5.41) is 25.9. The van der Waals surface area contributed by atoms with Crippen LogP contribution < -0.4 is 10.6 Å². The number of aryl methyl sites for hydroxylation is 1. The van der Waals surface area contributed by atoms with Gasteiger partial charge in [0.2, 0.25) is 5.91 Å². The van der Waals surface area contributed by atoms with Gasteiger partial charge >= 0.3 is 5.97 Å². The molecule has 0 aliphatic heterocycles. The fraction of sp³-hybridized carbons (Fsp3) is 0.263. The molecule has 2 aromatic rings. The summed E-state index contributed by atoms with van der Waals surface area (Å²) in [6.45, 7) is 2.62. The number of carbonyl (C=O) groups excluding carboxylic acids is 1. The van der Waals surface area contributed by atoms with E-state index in [1.165, 1.54) is 12.1 Å². The standard InChI is InChI=1S/C19H21N3O5/c1-13-7-8-16(17(11-13)22(26)27)20-9-4-10-21-18(23)12-14-5-2-3-6-15(14)19(24)25/h2-3,5-8,11,20H,4,9-10,12H2,1H3,(H,21,23)(H,24,25). The predicted octanol–water partition coefficient (Wildman–Crippen LogP) is 2.76. The Kier molecular flexibility index (Phi) is 6.87. The Morgan fingerprint density at radius 1 is 1.15 bits per heavy atom. The van der Waals surface area contributed by atoms with Crippen molar-refractivity contribution < 1.29 is 19.6 Å². The first kappa shape index (κ1) is 19.9. The molecule has 0 radical (unpaired) electrons. The number of rotatable bonds is 9. The van der Waals surface area contributed by atoms with Crippen LogP contribution in [-0.4, -0.2) is 35.0 Å². The number of carboxylic acids is 1. The normalized spacial score (nSPS) is 10.3. The Bertz CT molecular complexity index is 851. The highest BCUT2D eigenvalue weighted by atomic mass is 16.6. The highest BCUT2D eigenvalue weighted by Gasteiger charge is 2.14. The fourth-order valence-corrected chi connectivity index (χ4v) is 2.60. The lowest BCUT2D eigenvalue weighted by Gasteiger charge is -2.09. The van der Waals surface area contributed by atoms with Crippen LogP contribution in [0.3, 0.4) is 0 Å². The number of amides is 1. The molecule has 0 saturated carbocycles. The highest BCUT2D eigenvalue weighted by Crippen LogP contribution is 2.25. The second-order valence-electron chi connectivity index (χ2n) is 6.05. The van der Waals surface area contributed by atoms with Crippen LogP contribution in [0.1, 0.15) is 27.9 Å². The number of nitrogens with one attached hydrogen (secondary N) is 2. The van der Waals surface area contributed by atoms with E-state index in [0.29, 0.717) is 30.8 Å². The Labute approximate surface area is 156 Å². The lowest BCUT2D eigenvalue weighted by molar-refractivity contribution is -0.384. The summed E-state index contributed by atoms with van der Waals surface area (Å²) in [6, 6.07) is 11.3. The third-order valence-electron chi connectivity index (χ3n) is 3.94. The average Bonchev–Trinajstić information content (AvgIpc) is 2.62. The molecule has 27 heavy (non-hydrogen) atoms. The summed E-state index contributed by atoms with van der Waals surface area (Å²) >= 11 is 0. The van der Waals surface area contributed by atoms with Crippen molar-refractivity contribution in [2.45, 2.75) is 19.8 Å². The highest BCUT2D eigenvalue weighted by molar-refractivity contribution is 5.91. The van der Waals surface area contributed by atoms with Gasteiger partial charge in [-0.05, 0) is 36.6 Å². The molecule has 0 atom stereocenters. The number of hydrogen-bond acceptors (Lipinski definition) is 5. The molecule has 0 spiro atoms. The molecule has 2 rings (SSSR count). The molecule has 0 aromatic heterocycles. The van der Waals surface area contributed by atoms with Crippen LogP contribution in [0.25, 0.3) is 0 Å². The monoisotopic (exact) mass is 371 g/mol. The van der Waals surface area contributed by atoms with E-state index in [1.807, 2.05) is 0 Å². The topological polar surface area (TPSA) is 122 Å². The van der Waals surface area contributed by atoms with Crippen molar-refractivity contribution in [3.8, 4) is 0 Å². The first-order chi connectivity index (χ1) is 12.9. The van der Waals surface area contributed by atoms with Gasteiger partial charge < -0.3 is 15.7 Å². The van der Waals surface area contributed by atoms with Gasteiger partial charge in [-0.25, -0.2) is 4.79 Å². The van der Waals surface area contributed by atoms with Gasteiger partial charge in [-0.3, -0.25) is 14.9 Å². The van der Waals surface area contributed by atoms with Crippen molar-refractivity contribution in [2.75, 3.05) is 18.4 Å². The molecule has 0 aliphatic carbocycles. The second-order valence-corrected chi connectivity index (χ2v) is 6.05. The van der Waals surface area contributed by atoms with E-state index in [4.69, 9.17) is 5.11 Å². The fourth-order valence-electron chi connectivity index (χ4n) is 2.60. The third kappa shape index (κ3) is 5.81. The van der Waals surface area contributed by atoms with Crippen LogP contribution in [-0.2, 0) is 11.2 Å². The molecule has 8 heteroatoms. The van der Waals surface area contributed by atoms with Crippen LogP contribution in [0.15, 0.2) is 42.5 Å². The largest absolute Gasteiger partial charge is 0.478 e. The maximum absolute atomic E-state index is 12.0. The number of nitro benzene ring substituents is 1. The van der Waals surface area contributed by atoms with E-state index in [1.54, 1.807) is 37.3 Å². The maximum atomic E-state index is 12.0. The first-order valence-corrected chi connectivity index (χ1v) is 8.45. The van der Waals surface area contributed by atoms with Crippen LogP contribution in [0.5, 0.6) is 0 Å². The molecule has 0 saturated heterocycles. The predicted molar refractivity (Wildman–Crippen MR) is 101 cm³/mol. The van der Waals surface area contributed by atoms with Gasteiger partial charge in [0.05, 0.1) is 16.9 Å². The zero-order chi connectivity index (χ0) is 19.8. The van der Waals surface area contributed by atoms with Gasteiger partial charge in [-0.2, -0.15) is 0 Å². The Balaban J connectivity index is 1.79. The van der Waals surface area contributed by atoms with Crippen LogP contribution >= 0.6 is 0 Å². The minimum atomic E-state index is -1.07. The van der Waals surface area contributed by atoms with Crippen molar-refractivity contribution in [1.82, 2.24) is 5.32 Å².